The number of ether oxygens (including phenoxy) is 2. The number of carbonyl (C=O) groups excluding carboxylic acids is 2. The molecule has 0 saturated carbocycles. The van der Waals surface area contributed by atoms with Crippen LogP contribution in [-0.2, 0) is 22.6 Å². The molecule has 0 radical (unpaired) electrons. The fourth-order valence-electron chi connectivity index (χ4n) is 4.48. The molecule has 218 valence electrons. The molecule has 0 bridgehead atoms. The molecule has 0 fully saturated rings. The summed E-state index contributed by atoms with van der Waals surface area (Å²) in [5.74, 6) is 0.293. The van der Waals surface area contributed by atoms with Crippen molar-refractivity contribution in [3.05, 3.63) is 119 Å². The minimum absolute atomic E-state index is 0.265. The van der Waals surface area contributed by atoms with Gasteiger partial charge in [-0.05, 0) is 46.9 Å². The third kappa shape index (κ3) is 8.37. The molecule has 0 aromatic heterocycles. The summed E-state index contributed by atoms with van der Waals surface area (Å²) < 4.78 is 11.2. The molecule has 0 aliphatic carbocycles. The van der Waals surface area contributed by atoms with Gasteiger partial charge in [0, 0.05) is 29.2 Å². The van der Waals surface area contributed by atoms with Crippen LogP contribution >= 0.6 is 11.6 Å². The molecule has 2 unspecified atom stereocenters. The van der Waals surface area contributed by atoms with E-state index in [1.165, 1.54) is 7.11 Å². The van der Waals surface area contributed by atoms with E-state index in [0.29, 0.717) is 35.3 Å². The van der Waals surface area contributed by atoms with Crippen LogP contribution in [0.3, 0.4) is 0 Å². The summed E-state index contributed by atoms with van der Waals surface area (Å²) in [4.78, 5) is 26.1. The summed E-state index contributed by atoms with van der Waals surface area (Å²) in [6.07, 6.45) is 1.28. The fourth-order valence-corrected chi connectivity index (χ4v) is 4.65. The maximum Gasteiger partial charge on any atom is 0.328 e. The van der Waals surface area contributed by atoms with E-state index in [9.17, 15) is 9.59 Å². The Labute approximate surface area is 253 Å². The van der Waals surface area contributed by atoms with Gasteiger partial charge in [0.15, 0.2) is 0 Å². The number of carbonyl (C=O) groups is 2. The van der Waals surface area contributed by atoms with Crippen LogP contribution in [0.5, 0.6) is 5.75 Å². The molecule has 4 aromatic carbocycles. The number of benzene rings is 4. The van der Waals surface area contributed by atoms with Crippen LogP contribution in [0.4, 0.5) is 5.69 Å². The fraction of sp³-hybridized carbons (Fsp3) is 0.257. The summed E-state index contributed by atoms with van der Waals surface area (Å²) in [7, 11) is 1.31. The Balaban J connectivity index is 1.48. The molecule has 6 nitrogen and oxygen atoms in total. The number of methoxy groups -OCH3 is 1. The van der Waals surface area contributed by atoms with E-state index in [0.717, 1.165) is 34.4 Å². The Morgan fingerprint density at radius 3 is 2.31 bits per heavy atom. The molecule has 1 amide bonds. The van der Waals surface area contributed by atoms with Crippen LogP contribution in [0.25, 0.3) is 11.1 Å². The number of nitrogens with one attached hydrogen (secondary N) is 2. The summed E-state index contributed by atoms with van der Waals surface area (Å²) in [5.41, 5.74) is 4.96. The lowest BCUT2D eigenvalue weighted by Crippen LogP contribution is -2.43. The number of hydrogen-bond donors (Lipinski definition) is 2. The van der Waals surface area contributed by atoms with Gasteiger partial charge in [-0.2, -0.15) is 0 Å². The molecule has 0 aliphatic rings. The van der Waals surface area contributed by atoms with Crippen LogP contribution in [0.2, 0.25) is 5.02 Å². The Kier molecular flexibility index (Phi) is 11.0. The first kappa shape index (κ1) is 30.7. The van der Waals surface area contributed by atoms with Gasteiger partial charge in [0.25, 0.3) is 5.91 Å². The highest BCUT2D eigenvalue weighted by molar-refractivity contribution is 6.31. The normalized spacial score (nSPS) is 12.2. The third-order valence-corrected chi connectivity index (χ3v) is 7.42. The van der Waals surface area contributed by atoms with Crippen molar-refractivity contribution in [2.24, 2.45) is 5.92 Å². The molecule has 4 aromatic rings. The van der Waals surface area contributed by atoms with E-state index in [2.05, 4.69) is 24.5 Å². The van der Waals surface area contributed by atoms with Crippen LogP contribution in [0, 0.1) is 5.92 Å². The van der Waals surface area contributed by atoms with Crippen molar-refractivity contribution in [1.29, 1.82) is 0 Å². The van der Waals surface area contributed by atoms with E-state index in [-0.39, 0.29) is 6.42 Å². The van der Waals surface area contributed by atoms with Gasteiger partial charge in [-0.15, -0.1) is 0 Å². The smallest absolute Gasteiger partial charge is 0.328 e. The first-order valence-corrected chi connectivity index (χ1v) is 14.5. The third-order valence-electron chi connectivity index (χ3n) is 7.18. The Hall–Kier alpha value is -4.29. The highest BCUT2D eigenvalue weighted by Gasteiger charge is 2.24. The summed E-state index contributed by atoms with van der Waals surface area (Å²) in [6.45, 7) is 5.44. The van der Waals surface area contributed by atoms with Crippen molar-refractivity contribution in [3.63, 3.8) is 0 Å². The van der Waals surface area contributed by atoms with E-state index < -0.39 is 17.9 Å². The zero-order chi connectivity index (χ0) is 29.9. The molecule has 42 heavy (non-hydrogen) atoms. The first-order chi connectivity index (χ1) is 20.4. The molecule has 0 aliphatic heterocycles. The summed E-state index contributed by atoms with van der Waals surface area (Å²) in [6, 6.07) is 30.1. The number of hydrogen-bond acceptors (Lipinski definition) is 5. The van der Waals surface area contributed by atoms with E-state index in [1.54, 1.807) is 18.2 Å². The van der Waals surface area contributed by atoms with Gasteiger partial charge >= 0.3 is 5.97 Å². The van der Waals surface area contributed by atoms with Gasteiger partial charge in [-0.1, -0.05) is 105 Å². The van der Waals surface area contributed by atoms with Crippen LogP contribution < -0.4 is 15.4 Å². The lowest BCUT2D eigenvalue weighted by Gasteiger charge is -2.19. The van der Waals surface area contributed by atoms with Gasteiger partial charge in [0.1, 0.15) is 18.4 Å². The van der Waals surface area contributed by atoms with Gasteiger partial charge in [0.05, 0.1) is 12.7 Å². The molecule has 0 heterocycles. The van der Waals surface area contributed by atoms with Crippen molar-refractivity contribution in [2.75, 3.05) is 19.0 Å². The highest BCUT2D eigenvalue weighted by atomic mass is 35.5. The van der Waals surface area contributed by atoms with Crippen LogP contribution in [0.1, 0.15) is 41.8 Å². The zero-order valence-electron chi connectivity index (χ0n) is 24.2. The molecule has 2 N–H and O–H groups in total. The largest absolute Gasteiger partial charge is 0.488 e. The first-order valence-electron chi connectivity index (χ1n) is 14.1. The topological polar surface area (TPSA) is 76.7 Å². The highest BCUT2D eigenvalue weighted by Crippen LogP contribution is 2.31. The van der Waals surface area contributed by atoms with Crippen LogP contribution in [-0.4, -0.2) is 31.6 Å². The average molecular weight is 585 g/mol. The second-order valence-electron chi connectivity index (χ2n) is 10.3. The number of halogens is 1. The van der Waals surface area contributed by atoms with Gasteiger partial charge < -0.3 is 20.1 Å². The van der Waals surface area contributed by atoms with Crippen LogP contribution in [0.15, 0.2) is 97.1 Å². The molecule has 7 heteroatoms. The molecule has 4 rings (SSSR count). The summed E-state index contributed by atoms with van der Waals surface area (Å²) >= 11 is 6.23. The maximum atomic E-state index is 13.4. The summed E-state index contributed by atoms with van der Waals surface area (Å²) in [5, 5.41) is 6.63. The number of anilines is 1. The monoisotopic (exact) mass is 584 g/mol. The molecular formula is C35H37ClN2O4. The van der Waals surface area contributed by atoms with Crippen molar-refractivity contribution in [3.8, 4) is 16.9 Å². The number of amides is 1. The Morgan fingerprint density at radius 2 is 1.60 bits per heavy atom. The second-order valence-corrected chi connectivity index (χ2v) is 10.7. The van der Waals surface area contributed by atoms with Gasteiger partial charge in [-0.3, -0.25) is 4.79 Å². The minimum Gasteiger partial charge on any atom is -0.488 e. The second kappa shape index (κ2) is 15.1. The van der Waals surface area contributed by atoms with E-state index in [4.69, 9.17) is 21.1 Å². The SMILES string of the molecule is CCC(C)CNc1ccc(Cl)cc1C(=O)NC(Cc1ccc(-c2ccccc2OCc2ccccc2)cc1)C(=O)OC. The van der Waals surface area contributed by atoms with Crippen molar-refractivity contribution in [2.45, 2.75) is 39.3 Å². The molecular weight excluding hydrogens is 548 g/mol. The number of esters is 1. The van der Waals surface area contributed by atoms with E-state index >= 15 is 0 Å². The number of para-hydroxylation sites is 1. The lowest BCUT2D eigenvalue weighted by molar-refractivity contribution is -0.142. The van der Waals surface area contributed by atoms with Crippen molar-refractivity contribution in [1.82, 2.24) is 5.32 Å². The standard InChI is InChI=1S/C35H37ClN2O4/c1-4-24(2)22-37-31-19-18-28(36)21-30(31)34(39)38-32(35(40)41-3)20-25-14-16-27(17-15-25)29-12-8-9-13-33(29)42-23-26-10-6-5-7-11-26/h5-19,21,24,32,37H,4,20,22-23H2,1-3H3,(H,38,39). The van der Waals surface area contributed by atoms with Crippen molar-refractivity contribution < 1.29 is 19.1 Å². The molecule has 2 atom stereocenters. The van der Waals surface area contributed by atoms with Crippen molar-refractivity contribution >= 4 is 29.2 Å². The van der Waals surface area contributed by atoms with E-state index in [1.807, 2.05) is 78.9 Å². The number of rotatable bonds is 13. The predicted octanol–water partition coefficient (Wildman–Crippen LogP) is 7.56. The minimum atomic E-state index is -0.878. The predicted molar refractivity (Wildman–Crippen MR) is 169 cm³/mol. The zero-order valence-corrected chi connectivity index (χ0v) is 25.0. The quantitative estimate of drug-likeness (QED) is 0.159. The maximum absolute atomic E-state index is 13.4. The molecule has 0 saturated heterocycles. The molecule has 0 spiro atoms. The van der Waals surface area contributed by atoms with Gasteiger partial charge in [0.2, 0.25) is 0 Å². The average Bonchev–Trinajstić information content (AvgIpc) is 3.03. The van der Waals surface area contributed by atoms with Gasteiger partial charge in [-0.25, -0.2) is 4.79 Å². The lowest BCUT2D eigenvalue weighted by atomic mass is 9.99. The Morgan fingerprint density at radius 1 is 0.881 bits per heavy atom. The Bertz CT molecular complexity index is 1470.